The topological polar surface area (TPSA) is 72.2 Å². The largest absolute Gasteiger partial charge is 0.479 e. The molecule has 2 heterocycles. The van der Waals surface area contributed by atoms with Gasteiger partial charge >= 0.3 is 5.97 Å². The van der Waals surface area contributed by atoms with Crippen molar-refractivity contribution in [3.63, 3.8) is 0 Å². The Morgan fingerprint density at radius 3 is 2.44 bits per heavy atom. The SMILES string of the molecule is CC(C(=O)O)(c1ccccn1)n1ccc(=O)cc1. The van der Waals surface area contributed by atoms with Gasteiger partial charge in [-0.1, -0.05) is 6.07 Å². The second-order valence-corrected chi connectivity index (χ2v) is 4.03. The lowest BCUT2D eigenvalue weighted by Crippen LogP contribution is -2.40. The molecule has 0 saturated carbocycles. The molecule has 92 valence electrons. The number of carbonyl (C=O) groups is 1. The Bertz CT molecular complexity index is 601. The van der Waals surface area contributed by atoms with Gasteiger partial charge in [-0.2, -0.15) is 0 Å². The molecule has 1 atom stereocenters. The van der Waals surface area contributed by atoms with E-state index in [-0.39, 0.29) is 5.43 Å². The summed E-state index contributed by atoms with van der Waals surface area (Å²) in [5.74, 6) is -1.04. The van der Waals surface area contributed by atoms with Gasteiger partial charge in [-0.05, 0) is 19.1 Å². The van der Waals surface area contributed by atoms with Crippen LogP contribution in [0.3, 0.4) is 0 Å². The highest BCUT2D eigenvalue weighted by Gasteiger charge is 2.37. The van der Waals surface area contributed by atoms with E-state index >= 15 is 0 Å². The standard InChI is InChI=1S/C13H12N2O3/c1-13(12(17)18,11-4-2-3-7-14-11)15-8-5-10(16)6-9-15/h2-9H,1H3,(H,17,18). The van der Waals surface area contributed by atoms with Gasteiger partial charge in [0.1, 0.15) is 0 Å². The second kappa shape index (κ2) is 4.44. The van der Waals surface area contributed by atoms with Crippen LogP contribution < -0.4 is 5.43 Å². The molecule has 0 bridgehead atoms. The van der Waals surface area contributed by atoms with E-state index < -0.39 is 11.5 Å². The number of carboxylic acids is 1. The van der Waals surface area contributed by atoms with Gasteiger partial charge < -0.3 is 9.67 Å². The number of aliphatic carboxylic acids is 1. The first-order valence-corrected chi connectivity index (χ1v) is 5.39. The van der Waals surface area contributed by atoms with Crippen molar-refractivity contribution in [1.82, 2.24) is 9.55 Å². The van der Waals surface area contributed by atoms with Gasteiger partial charge in [0.15, 0.2) is 11.0 Å². The minimum atomic E-state index is -1.34. The van der Waals surface area contributed by atoms with Crippen LogP contribution >= 0.6 is 0 Å². The van der Waals surface area contributed by atoms with Crippen molar-refractivity contribution >= 4 is 5.97 Å². The summed E-state index contributed by atoms with van der Waals surface area (Å²) in [5.41, 5.74) is -1.10. The van der Waals surface area contributed by atoms with E-state index in [0.29, 0.717) is 5.69 Å². The van der Waals surface area contributed by atoms with Gasteiger partial charge in [-0.3, -0.25) is 9.78 Å². The third kappa shape index (κ3) is 1.90. The molecule has 0 spiro atoms. The molecule has 1 unspecified atom stereocenters. The minimum Gasteiger partial charge on any atom is -0.479 e. The minimum absolute atomic E-state index is 0.167. The molecule has 0 aromatic carbocycles. The summed E-state index contributed by atoms with van der Waals surface area (Å²) >= 11 is 0. The van der Waals surface area contributed by atoms with Crippen LogP contribution in [0, 0.1) is 0 Å². The fourth-order valence-electron chi connectivity index (χ4n) is 1.71. The van der Waals surface area contributed by atoms with Crippen LogP contribution in [-0.4, -0.2) is 20.6 Å². The number of aromatic nitrogens is 2. The van der Waals surface area contributed by atoms with Crippen LogP contribution in [0.25, 0.3) is 0 Å². The average molecular weight is 244 g/mol. The van der Waals surface area contributed by atoms with Crippen LogP contribution in [0.15, 0.2) is 53.7 Å². The third-order valence-corrected chi connectivity index (χ3v) is 2.90. The van der Waals surface area contributed by atoms with Crippen molar-refractivity contribution < 1.29 is 9.90 Å². The molecular weight excluding hydrogens is 232 g/mol. The van der Waals surface area contributed by atoms with E-state index in [9.17, 15) is 14.7 Å². The summed E-state index contributed by atoms with van der Waals surface area (Å²) in [6.07, 6.45) is 4.44. The van der Waals surface area contributed by atoms with Gasteiger partial charge in [-0.25, -0.2) is 4.79 Å². The van der Waals surface area contributed by atoms with Gasteiger partial charge in [0.25, 0.3) is 0 Å². The molecule has 0 radical (unpaired) electrons. The van der Waals surface area contributed by atoms with Crippen LogP contribution in [0.2, 0.25) is 0 Å². The zero-order chi connectivity index (χ0) is 13.2. The average Bonchev–Trinajstić information content (AvgIpc) is 2.39. The number of carboxylic acid groups (broad SMARTS) is 1. The molecule has 2 rings (SSSR count). The zero-order valence-corrected chi connectivity index (χ0v) is 9.78. The summed E-state index contributed by atoms with van der Waals surface area (Å²) in [6.45, 7) is 1.54. The smallest absolute Gasteiger partial charge is 0.335 e. The summed E-state index contributed by atoms with van der Waals surface area (Å²) in [5, 5.41) is 9.47. The molecule has 2 aromatic rings. The molecule has 18 heavy (non-hydrogen) atoms. The molecule has 0 amide bonds. The molecule has 0 aliphatic heterocycles. The number of nitrogens with zero attached hydrogens (tertiary/aromatic N) is 2. The molecule has 0 aliphatic rings. The van der Waals surface area contributed by atoms with Gasteiger partial charge in [-0.15, -0.1) is 0 Å². The number of rotatable bonds is 3. The first-order valence-electron chi connectivity index (χ1n) is 5.39. The van der Waals surface area contributed by atoms with E-state index in [0.717, 1.165) is 0 Å². The Labute approximate surface area is 103 Å². The summed E-state index contributed by atoms with van der Waals surface area (Å²) in [4.78, 5) is 26.7. The highest BCUT2D eigenvalue weighted by Crippen LogP contribution is 2.23. The number of hydrogen-bond acceptors (Lipinski definition) is 3. The highest BCUT2D eigenvalue weighted by atomic mass is 16.4. The van der Waals surface area contributed by atoms with Crippen molar-refractivity contribution in [2.45, 2.75) is 12.5 Å². The molecule has 1 N–H and O–H groups in total. The highest BCUT2D eigenvalue weighted by molar-refractivity contribution is 5.80. The predicted octanol–water partition coefficient (Wildman–Crippen LogP) is 1.09. The monoisotopic (exact) mass is 244 g/mol. The summed E-state index contributed by atoms with van der Waals surface area (Å²) in [6, 6.07) is 7.74. The Morgan fingerprint density at radius 1 is 1.28 bits per heavy atom. The number of pyridine rings is 2. The maximum absolute atomic E-state index is 11.6. The molecule has 2 aromatic heterocycles. The fourth-order valence-corrected chi connectivity index (χ4v) is 1.71. The maximum Gasteiger partial charge on any atom is 0.335 e. The van der Waals surface area contributed by atoms with Crippen molar-refractivity contribution in [3.05, 3.63) is 64.8 Å². The van der Waals surface area contributed by atoms with E-state index in [1.165, 1.54) is 29.1 Å². The third-order valence-electron chi connectivity index (χ3n) is 2.90. The van der Waals surface area contributed by atoms with Crippen LogP contribution in [0.4, 0.5) is 0 Å². The van der Waals surface area contributed by atoms with Crippen LogP contribution in [-0.2, 0) is 10.3 Å². The Hall–Kier alpha value is -2.43. The van der Waals surface area contributed by atoms with Crippen molar-refractivity contribution in [2.24, 2.45) is 0 Å². The lowest BCUT2D eigenvalue weighted by Gasteiger charge is -2.27. The fraction of sp³-hybridized carbons (Fsp3) is 0.154. The molecule has 5 nitrogen and oxygen atoms in total. The van der Waals surface area contributed by atoms with Gasteiger partial charge in [0.2, 0.25) is 0 Å². The summed E-state index contributed by atoms with van der Waals surface area (Å²) in [7, 11) is 0. The van der Waals surface area contributed by atoms with Gasteiger partial charge in [0.05, 0.1) is 5.69 Å². The van der Waals surface area contributed by atoms with Crippen LogP contribution in [0.1, 0.15) is 12.6 Å². The normalized spacial score (nSPS) is 13.8. The second-order valence-electron chi connectivity index (χ2n) is 4.03. The van der Waals surface area contributed by atoms with Crippen molar-refractivity contribution in [2.75, 3.05) is 0 Å². The Kier molecular flexibility index (Phi) is 2.97. The summed E-state index contributed by atoms with van der Waals surface area (Å²) < 4.78 is 1.46. The Balaban J connectivity index is 2.62. The maximum atomic E-state index is 11.6. The quantitative estimate of drug-likeness (QED) is 0.877. The Morgan fingerprint density at radius 2 is 1.94 bits per heavy atom. The lowest BCUT2D eigenvalue weighted by atomic mass is 9.96. The molecule has 0 fully saturated rings. The van der Waals surface area contributed by atoms with Gasteiger partial charge in [0, 0.05) is 30.7 Å². The first-order chi connectivity index (χ1) is 8.55. The molecule has 5 heteroatoms. The number of hydrogen-bond donors (Lipinski definition) is 1. The van der Waals surface area contributed by atoms with Crippen molar-refractivity contribution in [3.8, 4) is 0 Å². The zero-order valence-electron chi connectivity index (χ0n) is 9.78. The predicted molar refractivity (Wildman–Crippen MR) is 65.3 cm³/mol. The van der Waals surface area contributed by atoms with Crippen LogP contribution in [0.5, 0.6) is 0 Å². The molecule has 0 saturated heterocycles. The molecular formula is C13H12N2O3. The molecule has 0 aliphatic carbocycles. The van der Waals surface area contributed by atoms with E-state index in [1.54, 1.807) is 31.3 Å². The first kappa shape index (κ1) is 12.0. The van der Waals surface area contributed by atoms with Crippen molar-refractivity contribution in [1.29, 1.82) is 0 Å². The van der Waals surface area contributed by atoms with E-state index in [1.807, 2.05) is 0 Å². The van der Waals surface area contributed by atoms with E-state index in [2.05, 4.69) is 4.98 Å². The van der Waals surface area contributed by atoms with E-state index in [4.69, 9.17) is 0 Å². The lowest BCUT2D eigenvalue weighted by molar-refractivity contribution is -0.144.